The monoisotopic (exact) mass is 488 g/mol. The lowest BCUT2D eigenvalue weighted by Gasteiger charge is -2.14. The standard InChI is InChI=1S/C19H19BrCl2N2O2S/c1-2-3-8-26-17-7-5-13(20)9-15(17)18(25)24-19(27)23-11-12-4-6-14(21)10-16(12)22/h4-7,9-10H,2-3,8,11H2,1H3,(H2,23,24,25,27). The number of rotatable bonds is 7. The molecule has 0 heterocycles. The highest BCUT2D eigenvalue weighted by Crippen LogP contribution is 2.24. The zero-order valence-electron chi connectivity index (χ0n) is 14.7. The Bertz CT molecular complexity index is 833. The Kier molecular flexibility index (Phi) is 8.83. The maximum atomic E-state index is 12.6. The number of hydrogen-bond acceptors (Lipinski definition) is 3. The van der Waals surface area contributed by atoms with Crippen molar-refractivity contribution in [2.24, 2.45) is 0 Å². The molecule has 0 aromatic heterocycles. The van der Waals surface area contributed by atoms with Gasteiger partial charge in [0.15, 0.2) is 5.11 Å². The van der Waals surface area contributed by atoms with E-state index in [0.717, 1.165) is 22.9 Å². The van der Waals surface area contributed by atoms with Crippen molar-refractivity contribution in [3.63, 3.8) is 0 Å². The van der Waals surface area contributed by atoms with Crippen LogP contribution in [0.1, 0.15) is 35.7 Å². The predicted octanol–water partition coefficient (Wildman–Crippen LogP) is 5.74. The van der Waals surface area contributed by atoms with Crippen molar-refractivity contribution in [2.45, 2.75) is 26.3 Å². The molecule has 0 atom stereocenters. The third kappa shape index (κ3) is 6.96. The minimum absolute atomic E-state index is 0.200. The Balaban J connectivity index is 1.99. The smallest absolute Gasteiger partial charge is 0.261 e. The lowest BCUT2D eigenvalue weighted by Crippen LogP contribution is -2.39. The summed E-state index contributed by atoms with van der Waals surface area (Å²) in [5, 5.41) is 6.92. The highest BCUT2D eigenvalue weighted by Gasteiger charge is 2.15. The number of carbonyl (C=O) groups is 1. The topological polar surface area (TPSA) is 50.4 Å². The first-order valence-corrected chi connectivity index (χ1v) is 10.3. The van der Waals surface area contributed by atoms with Crippen LogP contribution < -0.4 is 15.4 Å². The molecule has 2 N–H and O–H groups in total. The molecule has 0 spiro atoms. The molecule has 8 heteroatoms. The molecular formula is C19H19BrCl2N2O2S. The van der Waals surface area contributed by atoms with Crippen LogP contribution in [0.15, 0.2) is 40.9 Å². The number of amides is 1. The minimum Gasteiger partial charge on any atom is -0.493 e. The van der Waals surface area contributed by atoms with Crippen molar-refractivity contribution in [1.82, 2.24) is 10.6 Å². The average molecular weight is 490 g/mol. The average Bonchev–Trinajstić information content (AvgIpc) is 2.62. The van der Waals surface area contributed by atoms with Gasteiger partial charge >= 0.3 is 0 Å². The molecule has 0 saturated heterocycles. The van der Waals surface area contributed by atoms with Crippen LogP contribution in [0.4, 0.5) is 0 Å². The third-order valence-electron chi connectivity index (χ3n) is 3.62. The molecule has 144 valence electrons. The number of thiocarbonyl (C=S) groups is 1. The van der Waals surface area contributed by atoms with Crippen LogP contribution in [0.5, 0.6) is 5.75 Å². The van der Waals surface area contributed by atoms with Gasteiger partial charge in [-0.2, -0.15) is 0 Å². The van der Waals surface area contributed by atoms with Gasteiger partial charge in [0.1, 0.15) is 5.75 Å². The van der Waals surface area contributed by atoms with Gasteiger partial charge in [-0.3, -0.25) is 10.1 Å². The van der Waals surface area contributed by atoms with E-state index in [1.807, 2.05) is 6.07 Å². The number of benzene rings is 2. The van der Waals surface area contributed by atoms with Gasteiger partial charge in [-0.25, -0.2) is 0 Å². The maximum absolute atomic E-state index is 12.6. The van der Waals surface area contributed by atoms with Crippen LogP contribution >= 0.6 is 51.3 Å². The molecule has 0 unspecified atom stereocenters. The maximum Gasteiger partial charge on any atom is 0.261 e. The summed E-state index contributed by atoms with van der Waals surface area (Å²) in [6, 6.07) is 10.5. The van der Waals surface area contributed by atoms with Crippen molar-refractivity contribution in [3.05, 3.63) is 62.0 Å². The van der Waals surface area contributed by atoms with Crippen LogP contribution in [-0.4, -0.2) is 17.6 Å². The van der Waals surface area contributed by atoms with E-state index in [0.29, 0.717) is 34.5 Å². The van der Waals surface area contributed by atoms with Crippen molar-refractivity contribution in [3.8, 4) is 5.75 Å². The Labute approximate surface area is 182 Å². The molecule has 2 aromatic rings. The molecule has 0 aliphatic carbocycles. The van der Waals surface area contributed by atoms with Gasteiger partial charge in [-0.05, 0) is 54.5 Å². The summed E-state index contributed by atoms with van der Waals surface area (Å²) in [5.41, 5.74) is 1.23. The number of ether oxygens (including phenoxy) is 1. The lowest BCUT2D eigenvalue weighted by atomic mass is 10.2. The van der Waals surface area contributed by atoms with E-state index in [2.05, 4.69) is 33.5 Å². The fourth-order valence-electron chi connectivity index (χ4n) is 2.19. The first-order valence-electron chi connectivity index (χ1n) is 8.36. The number of unbranched alkanes of at least 4 members (excludes halogenated alkanes) is 1. The van der Waals surface area contributed by atoms with Crippen molar-refractivity contribution < 1.29 is 9.53 Å². The Morgan fingerprint density at radius 2 is 2.00 bits per heavy atom. The molecule has 27 heavy (non-hydrogen) atoms. The summed E-state index contributed by atoms with van der Waals surface area (Å²) in [4.78, 5) is 12.6. The zero-order valence-corrected chi connectivity index (χ0v) is 18.6. The van der Waals surface area contributed by atoms with Gasteiger partial charge in [0.2, 0.25) is 0 Å². The van der Waals surface area contributed by atoms with Crippen molar-refractivity contribution in [1.29, 1.82) is 0 Å². The molecule has 0 aliphatic rings. The highest BCUT2D eigenvalue weighted by atomic mass is 79.9. The molecule has 2 rings (SSSR count). The Morgan fingerprint density at radius 3 is 2.70 bits per heavy atom. The van der Waals surface area contributed by atoms with Crippen molar-refractivity contribution in [2.75, 3.05) is 6.61 Å². The van der Waals surface area contributed by atoms with E-state index in [1.54, 1.807) is 30.3 Å². The van der Waals surface area contributed by atoms with E-state index >= 15 is 0 Å². The van der Waals surface area contributed by atoms with Gasteiger partial charge in [0, 0.05) is 21.1 Å². The fourth-order valence-corrected chi connectivity index (χ4v) is 3.19. The number of carbonyl (C=O) groups excluding carboxylic acids is 1. The molecule has 2 aromatic carbocycles. The Hall–Kier alpha value is -1.34. The molecular weight excluding hydrogens is 471 g/mol. The second-order valence-electron chi connectivity index (χ2n) is 5.72. The number of halogens is 3. The fraction of sp³-hybridized carbons (Fsp3) is 0.263. The molecule has 4 nitrogen and oxygen atoms in total. The summed E-state index contributed by atoms with van der Waals surface area (Å²) in [5.74, 6) is 0.176. The van der Waals surface area contributed by atoms with E-state index in [1.165, 1.54) is 0 Å². The third-order valence-corrected chi connectivity index (χ3v) is 4.95. The Morgan fingerprint density at radius 1 is 1.22 bits per heavy atom. The second kappa shape index (κ2) is 10.9. The largest absolute Gasteiger partial charge is 0.493 e. The SMILES string of the molecule is CCCCOc1ccc(Br)cc1C(=O)NC(=S)NCc1ccc(Cl)cc1Cl. The summed E-state index contributed by atoms with van der Waals surface area (Å²) < 4.78 is 6.50. The predicted molar refractivity (Wildman–Crippen MR) is 118 cm³/mol. The van der Waals surface area contributed by atoms with Gasteiger partial charge in [0.05, 0.1) is 12.2 Å². The molecule has 0 saturated carbocycles. The summed E-state index contributed by atoms with van der Waals surface area (Å²) in [6.07, 6.45) is 1.93. The quantitative estimate of drug-likeness (QED) is 0.384. The molecule has 0 aliphatic heterocycles. The summed E-state index contributed by atoms with van der Waals surface area (Å²) in [6.45, 7) is 3.00. The van der Waals surface area contributed by atoms with E-state index in [4.69, 9.17) is 40.2 Å². The lowest BCUT2D eigenvalue weighted by molar-refractivity contribution is 0.0972. The normalized spacial score (nSPS) is 10.4. The number of hydrogen-bond donors (Lipinski definition) is 2. The second-order valence-corrected chi connectivity index (χ2v) is 7.88. The van der Waals surface area contributed by atoms with E-state index in [9.17, 15) is 4.79 Å². The highest BCUT2D eigenvalue weighted by molar-refractivity contribution is 9.10. The minimum atomic E-state index is -0.345. The van der Waals surface area contributed by atoms with Gasteiger partial charge < -0.3 is 10.1 Å². The van der Waals surface area contributed by atoms with Crippen LogP contribution in [0, 0.1) is 0 Å². The van der Waals surface area contributed by atoms with Crippen molar-refractivity contribution >= 4 is 62.4 Å². The molecule has 0 radical (unpaired) electrons. The zero-order chi connectivity index (χ0) is 19.8. The molecule has 1 amide bonds. The molecule has 0 fully saturated rings. The van der Waals surface area contributed by atoms with Gasteiger partial charge in [0.25, 0.3) is 5.91 Å². The number of nitrogens with one attached hydrogen (secondary N) is 2. The van der Waals surface area contributed by atoms with Gasteiger partial charge in [-0.1, -0.05) is 58.5 Å². The first kappa shape index (κ1) is 22.0. The molecule has 0 bridgehead atoms. The summed E-state index contributed by atoms with van der Waals surface area (Å²) in [7, 11) is 0. The van der Waals surface area contributed by atoms with Crippen LogP contribution in [0.2, 0.25) is 10.0 Å². The van der Waals surface area contributed by atoms with E-state index < -0.39 is 0 Å². The van der Waals surface area contributed by atoms with Crippen LogP contribution in [0.25, 0.3) is 0 Å². The van der Waals surface area contributed by atoms with E-state index in [-0.39, 0.29) is 11.0 Å². The summed E-state index contributed by atoms with van der Waals surface area (Å²) >= 11 is 20.6. The first-order chi connectivity index (χ1) is 12.9. The van der Waals surface area contributed by atoms with Crippen LogP contribution in [0.3, 0.4) is 0 Å². The van der Waals surface area contributed by atoms with Gasteiger partial charge in [-0.15, -0.1) is 0 Å². The van der Waals surface area contributed by atoms with Crippen LogP contribution in [-0.2, 0) is 6.54 Å².